The van der Waals surface area contributed by atoms with E-state index >= 15 is 0 Å². The van der Waals surface area contributed by atoms with Gasteiger partial charge in [0, 0.05) is 12.6 Å². The largest absolute Gasteiger partial charge is 0.393 e. The molecule has 106 valence electrons. The number of rotatable bonds is 4. The molecule has 0 spiro atoms. The van der Waals surface area contributed by atoms with E-state index in [-0.39, 0.29) is 6.10 Å². The highest BCUT2D eigenvalue weighted by Crippen LogP contribution is 2.18. The van der Waals surface area contributed by atoms with Gasteiger partial charge in [-0.2, -0.15) is 15.0 Å². The lowest BCUT2D eigenvalue weighted by molar-refractivity contribution is 0.116. The summed E-state index contributed by atoms with van der Waals surface area (Å²) >= 11 is 0. The van der Waals surface area contributed by atoms with E-state index in [0.29, 0.717) is 6.04 Å². The Morgan fingerprint density at radius 3 is 2.65 bits per heavy atom. The second-order valence-corrected chi connectivity index (χ2v) is 5.35. The molecule has 1 aromatic carbocycles. The molecule has 0 bridgehead atoms. The Labute approximate surface area is 118 Å². The van der Waals surface area contributed by atoms with Gasteiger partial charge in [-0.1, -0.05) is 18.2 Å². The smallest absolute Gasteiger partial charge is 0.0969 e. The maximum Gasteiger partial charge on any atom is 0.0969 e. The van der Waals surface area contributed by atoms with Gasteiger partial charge in [-0.05, 0) is 37.8 Å². The molecule has 0 aliphatic heterocycles. The Morgan fingerprint density at radius 2 is 1.90 bits per heavy atom. The zero-order chi connectivity index (χ0) is 13.8. The third-order valence-corrected chi connectivity index (χ3v) is 3.79. The average Bonchev–Trinajstić information content (AvgIpc) is 2.97. The van der Waals surface area contributed by atoms with Gasteiger partial charge in [0.1, 0.15) is 0 Å². The van der Waals surface area contributed by atoms with Crippen molar-refractivity contribution in [2.45, 2.75) is 44.4 Å². The van der Waals surface area contributed by atoms with Gasteiger partial charge in [0.05, 0.1) is 23.7 Å². The van der Waals surface area contributed by atoms with Crippen LogP contribution in [0.4, 0.5) is 0 Å². The van der Waals surface area contributed by atoms with Crippen LogP contribution in [0.1, 0.15) is 31.4 Å². The molecule has 2 aromatic rings. The van der Waals surface area contributed by atoms with Crippen LogP contribution in [0.3, 0.4) is 0 Å². The van der Waals surface area contributed by atoms with Crippen LogP contribution in [-0.2, 0) is 6.54 Å². The summed E-state index contributed by atoms with van der Waals surface area (Å²) in [6.07, 6.45) is 5.56. The molecule has 1 heterocycles. The van der Waals surface area contributed by atoms with Crippen molar-refractivity contribution in [3.05, 3.63) is 42.2 Å². The van der Waals surface area contributed by atoms with E-state index in [0.717, 1.165) is 43.6 Å². The van der Waals surface area contributed by atoms with Crippen molar-refractivity contribution in [3.63, 3.8) is 0 Å². The molecule has 1 fully saturated rings. The van der Waals surface area contributed by atoms with Crippen molar-refractivity contribution in [1.29, 1.82) is 0 Å². The fourth-order valence-electron chi connectivity index (χ4n) is 2.59. The monoisotopic (exact) mass is 272 g/mol. The van der Waals surface area contributed by atoms with Crippen LogP contribution in [-0.4, -0.2) is 32.2 Å². The minimum Gasteiger partial charge on any atom is -0.393 e. The molecule has 0 atom stereocenters. The Morgan fingerprint density at radius 1 is 1.15 bits per heavy atom. The first kappa shape index (κ1) is 13.3. The minimum absolute atomic E-state index is 0.105. The molecule has 1 aliphatic rings. The van der Waals surface area contributed by atoms with E-state index in [2.05, 4.69) is 15.5 Å². The van der Waals surface area contributed by atoms with Crippen LogP contribution in [0, 0.1) is 0 Å². The van der Waals surface area contributed by atoms with Gasteiger partial charge in [0.2, 0.25) is 0 Å². The highest BCUT2D eigenvalue weighted by molar-refractivity contribution is 5.28. The van der Waals surface area contributed by atoms with E-state index in [1.54, 1.807) is 11.0 Å². The van der Waals surface area contributed by atoms with E-state index in [1.165, 1.54) is 0 Å². The minimum atomic E-state index is -0.105. The number of nitrogens with one attached hydrogen (secondary N) is 1. The van der Waals surface area contributed by atoms with Gasteiger partial charge in [-0.25, -0.2) is 0 Å². The van der Waals surface area contributed by atoms with Crippen molar-refractivity contribution in [3.8, 4) is 5.69 Å². The maximum atomic E-state index is 9.49. The highest BCUT2D eigenvalue weighted by Gasteiger charge is 2.18. The summed E-state index contributed by atoms with van der Waals surface area (Å²) in [7, 11) is 0. The third-order valence-electron chi connectivity index (χ3n) is 3.79. The van der Waals surface area contributed by atoms with E-state index in [9.17, 15) is 5.11 Å². The molecular weight excluding hydrogens is 252 g/mol. The number of aliphatic hydroxyl groups is 1. The van der Waals surface area contributed by atoms with Crippen LogP contribution >= 0.6 is 0 Å². The molecule has 0 amide bonds. The van der Waals surface area contributed by atoms with Crippen LogP contribution in [0.25, 0.3) is 5.69 Å². The van der Waals surface area contributed by atoms with Crippen molar-refractivity contribution in [1.82, 2.24) is 20.3 Å². The van der Waals surface area contributed by atoms with Crippen molar-refractivity contribution in [2.24, 2.45) is 0 Å². The second kappa shape index (κ2) is 6.15. The summed E-state index contributed by atoms with van der Waals surface area (Å²) in [5, 5.41) is 21.7. The standard InChI is InChI=1S/C15H20N4O/c20-15-8-6-12(7-9-15)16-10-13-11-17-19(18-13)14-4-2-1-3-5-14/h1-5,11-12,15-16,20H,6-10H2. The Hall–Kier alpha value is -1.72. The average molecular weight is 272 g/mol. The molecule has 1 aromatic heterocycles. The molecule has 0 radical (unpaired) electrons. The molecule has 0 unspecified atom stereocenters. The summed E-state index contributed by atoms with van der Waals surface area (Å²) in [6, 6.07) is 10.4. The Balaban J connectivity index is 1.55. The zero-order valence-corrected chi connectivity index (χ0v) is 11.4. The molecule has 5 nitrogen and oxygen atoms in total. The molecule has 2 N–H and O–H groups in total. The molecule has 1 aliphatic carbocycles. The molecule has 20 heavy (non-hydrogen) atoms. The Bertz CT molecular complexity index is 532. The van der Waals surface area contributed by atoms with Crippen LogP contribution < -0.4 is 5.32 Å². The van der Waals surface area contributed by atoms with Gasteiger partial charge >= 0.3 is 0 Å². The van der Waals surface area contributed by atoms with Gasteiger partial charge in [0.15, 0.2) is 0 Å². The number of aromatic nitrogens is 3. The van der Waals surface area contributed by atoms with Crippen LogP contribution in [0.5, 0.6) is 0 Å². The number of nitrogens with zero attached hydrogens (tertiary/aromatic N) is 3. The Kier molecular flexibility index (Phi) is 4.08. The number of hydrogen-bond acceptors (Lipinski definition) is 4. The van der Waals surface area contributed by atoms with Crippen molar-refractivity contribution in [2.75, 3.05) is 0 Å². The van der Waals surface area contributed by atoms with Gasteiger partial charge in [-0.15, -0.1) is 0 Å². The van der Waals surface area contributed by atoms with Gasteiger partial charge in [-0.3, -0.25) is 0 Å². The molecular formula is C15H20N4O. The van der Waals surface area contributed by atoms with E-state index in [1.807, 2.05) is 30.3 Å². The summed E-state index contributed by atoms with van der Waals surface area (Å²) in [6.45, 7) is 0.730. The van der Waals surface area contributed by atoms with Crippen LogP contribution in [0.15, 0.2) is 36.5 Å². The number of benzene rings is 1. The van der Waals surface area contributed by atoms with E-state index < -0.39 is 0 Å². The fraction of sp³-hybridized carbons (Fsp3) is 0.467. The van der Waals surface area contributed by atoms with Gasteiger partial charge in [0.25, 0.3) is 0 Å². The number of para-hydroxylation sites is 1. The highest BCUT2D eigenvalue weighted by atomic mass is 16.3. The first-order valence-electron chi connectivity index (χ1n) is 7.19. The van der Waals surface area contributed by atoms with Crippen LogP contribution in [0.2, 0.25) is 0 Å². The first-order chi connectivity index (χ1) is 9.81. The molecule has 0 saturated heterocycles. The van der Waals surface area contributed by atoms with Crippen molar-refractivity contribution < 1.29 is 5.11 Å². The molecule has 5 heteroatoms. The lowest BCUT2D eigenvalue weighted by Crippen LogP contribution is -2.34. The quantitative estimate of drug-likeness (QED) is 0.888. The number of aliphatic hydroxyl groups excluding tert-OH is 1. The predicted molar refractivity (Wildman–Crippen MR) is 76.5 cm³/mol. The zero-order valence-electron chi connectivity index (χ0n) is 11.4. The summed E-state index contributed by atoms with van der Waals surface area (Å²) in [4.78, 5) is 1.65. The molecule has 3 rings (SSSR count). The van der Waals surface area contributed by atoms with Crippen molar-refractivity contribution >= 4 is 0 Å². The fourth-order valence-corrected chi connectivity index (χ4v) is 2.59. The lowest BCUT2D eigenvalue weighted by Gasteiger charge is -2.25. The molecule has 1 saturated carbocycles. The summed E-state index contributed by atoms with van der Waals surface area (Å²) in [5.41, 5.74) is 1.92. The normalized spacial score (nSPS) is 22.9. The number of hydrogen-bond donors (Lipinski definition) is 2. The van der Waals surface area contributed by atoms with Gasteiger partial charge < -0.3 is 10.4 Å². The topological polar surface area (TPSA) is 63.0 Å². The second-order valence-electron chi connectivity index (χ2n) is 5.35. The maximum absolute atomic E-state index is 9.49. The third kappa shape index (κ3) is 3.23. The van der Waals surface area contributed by atoms with E-state index in [4.69, 9.17) is 0 Å². The SMILES string of the molecule is OC1CCC(NCc2cnn(-c3ccccc3)n2)CC1. The predicted octanol–water partition coefficient (Wildman–Crippen LogP) is 1.66. The summed E-state index contributed by atoms with van der Waals surface area (Å²) in [5.74, 6) is 0. The first-order valence-corrected chi connectivity index (χ1v) is 7.19. The lowest BCUT2D eigenvalue weighted by atomic mass is 9.93. The summed E-state index contributed by atoms with van der Waals surface area (Å²) < 4.78 is 0.